The van der Waals surface area contributed by atoms with Crippen molar-refractivity contribution in [2.45, 2.75) is 33.0 Å². The molecule has 7 heteroatoms. The molecule has 0 saturated heterocycles. The first kappa shape index (κ1) is 13.5. The van der Waals surface area contributed by atoms with E-state index in [1.165, 1.54) is 13.8 Å². The fraction of sp³-hybridized carbons (Fsp3) is 1.00. The van der Waals surface area contributed by atoms with E-state index in [-0.39, 0.29) is 13.2 Å². The summed E-state index contributed by atoms with van der Waals surface area (Å²) in [6.45, 7) is 5.94. The van der Waals surface area contributed by atoms with Crippen LogP contribution in [0.1, 0.15) is 27.7 Å². The van der Waals surface area contributed by atoms with Gasteiger partial charge in [0, 0.05) is 18.8 Å². The highest BCUT2D eigenvalue weighted by atomic mass is 31.2. The Balaban J connectivity index is 4.99. The molecule has 0 aliphatic heterocycles. The van der Waals surface area contributed by atoms with Crippen molar-refractivity contribution in [3.05, 3.63) is 10.1 Å². The van der Waals surface area contributed by atoms with Crippen LogP contribution in [0.5, 0.6) is 0 Å². The molecule has 6 nitrogen and oxygen atoms in total. The summed E-state index contributed by atoms with van der Waals surface area (Å²) in [6.07, 6.45) is 0. The highest BCUT2D eigenvalue weighted by Gasteiger charge is 2.54. The molecule has 0 rings (SSSR count). The van der Waals surface area contributed by atoms with Gasteiger partial charge in [-0.1, -0.05) is 0 Å². The molecule has 14 heavy (non-hydrogen) atoms. The lowest BCUT2D eigenvalue weighted by Gasteiger charge is -2.25. The average molecular weight is 225 g/mol. The molecule has 0 radical (unpaired) electrons. The molecular weight excluding hydrogens is 209 g/mol. The normalized spacial score (nSPS) is 12.9. The molecule has 0 aliphatic rings. The SMILES string of the molecule is CCOP(=O)(OCC)C(C)(C)[N+](=O)[O-]. The topological polar surface area (TPSA) is 78.7 Å². The van der Waals surface area contributed by atoms with E-state index in [0.29, 0.717) is 0 Å². The standard InChI is InChI=1S/C7H16NO5P/c1-5-12-14(11,13-6-2)7(3,4)8(9)10/h5-6H2,1-4H3. The molecule has 0 aromatic carbocycles. The van der Waals surface area contributed by atoms with Gasteiger partial charge < -0.3 is 9.05 Å². The maximum absolute atomic E-state index is 12.0. The van der Waals surface area contributed by atoms with Crippen LogP contribution in [0.2, 0.25) is 0 Å². The minimum atomic E-state index is -3.68. The van der Waals surface area contributed by atoms with Crippen LogP contribution < -0.4 is 0 Å². The summed E-state index contributed by atoms with van der Waals surface area (Å²) in [7, 11) is -3.68. The molecule has 0 aliphatic carbocycles. The fourth-order valence-corrected chi connectivity index (χ4v) is 2.38. The van der Waals surface area contributed by atoms with Crippen molar-refractivity contribution in [3.63, 3.8) is 0 Å². The number of nitrogens with zero attached hydrogens (tertiary/aromatic N) is 1. The molecule has 0 amide bonds. The van der Waals surface area contributed by atoms with E-state index in [1.807, 2.05) is 0 Å². The third kappa shape index (κ3) is 2.53. The maximum Gasteiger partial charge on any atom is 0.406 e. The van der Waals surface area contributed by atoms with Gasteiger partial charge in [0.2, 0.25) is 0 Å². The minimum Gasteiger partial charge on any atom is -0.304 e. The van der Waals surface area contributed by atoms with Gasteiger partial charge in [0.1, 0.15) is 0 Å². The zero-order chi connectivity index (χ0) is 11.4. The average Bonchev–Trinajstić information content (AvgIpc) is 2.04. The van der Waals surface area contributed by atoms with Crippen LogP contribution in [0, 0.1) is 10.1 Å². The lowest BCUT2D eigenvalue weighted by molar-refractivity contribution is -0.535. The summed E-state index contributed by atoms with van der Waals surface area (Å²) in [5, 5.41) is 8.98. The quantitative estimate of drug-likeness (QED) is 0.393. The lowest BCUT2D eigenvalue weighted by Crippen LogP contribution is -2.32. The van der Waals surface area contributed by atoms with Gasteiger partial charge in [-0.2, -0.15) is 0 Å². The second kappa shape index (κ2) is 4.87. The van der Waals surface area contributed by atoms with Crippen LogP contribution >= 0.6 is 7.60 Å². The first-order valence-corrected chi connectivity index (χ1v) is 5.89. The molecule has 0 fully saturated rings. The fourth-order valence-electron chi connectivity index (χ4n) is 0.793. The van der Waals surface area contributed by atoms with E-state index >= 15 is 0 Å². The zero-order valence-corrected chi connectivity index (χ0v) is 9.74. The maximum atomic E-state index is 12.0. The first-order chi connectivity index (χ1) is 6.31. The Morgan fingerprint density at radius 2 is 1.64 bits per heavy atom. The smallest absolute Gasteiger partial charge is 0.304 e. The summed E-state index contributed by atoms with van der Waals surface area (Å²) >= 11 is 0. The Bertz CT molecular complexity index is 242. The molecule has 0 spiro atoms. The predicted molar refractivity (Wildman–Crippen MR) is 51.9 cm³/mol. The number of hydrogen-bond acceptors (Lipinski definition) is 5. The Kier molecular flexibility index (Phi) is 4.71. The molecular formula is C7H16NO5P. The van der Waals surface area contributed by atoms with Crippen LogP contribution in [0.25, 0.3) is 0 Å². The van der Waals surface area contributed by atoms with Crippen LogP contribution in [0.3, 0.4) is 0 Å². The van der Waals surface area contributed by atoms with Crippen molar-refractivity contribution >= 4 is 7.60 Å². The molecule has 84 valence electrons. The van der Waals surface area contributed by atoms with Crippen molar-refractivity contribution in [2.24, 2.45) is 0 Å². The second-order valence-corrected chi connectivity index (χ2v) is 5.69. The van der Waals surface area contributed by atoms with Crippen molar-refractivity contribution in [2.75, 3.05) is 13.2 Å². The molecule has 0 N–H and O–H groups in total. The Labute approximate surface area is 83.3 Å². The largest absolute Gasteiger partial charge is 0.406 e. The summed E-state index contributed by atoms with van der Waals surface area (Å²) in [5.41, 5.74) is 0. The molecule has 0 unspecified atom stereocenters. The third-order valence-corrected chi connectivity index (χ3v) is 4.42. The Morgan fingerprint density at radius 1 is 1.29 bits per heavy atom. The summed E-state index contributed by atoms with van der Waals surface area (Å²) in [4.78, 5) is 10.1. The van der Waals surface area contributed by atoms with Gasteiger partial charge >= 0.3 is 12.9 Å². The van der Waals surface area contributed by atoms with Gasteiger partial charge in [-0.3, -0.25) is 14.7 Å². The molecule has 0 aromatic rings. The predicted octanol–water partition coefficient (Wildman–Crippen LogP) is 2.27. The van der Waals surface area contributed by atoms with Crippen molar-refractivity contribution in [1.29, 1.82) is 0 Å². The van der Waals surface area contributed by atoms with E-state index in [0.717, 1.165) is 0 Å². The van der Waals surface area contributed by atoms with Crippen molar-refractivity contribution < 1.29 is 18.5 Å². The molecule has 0 bridgehead atoms. The van der Waals surface area contributed by atoms with Gasteiger partial charge in [-0.15, -0.1) is 0 Å². The van der Waals surface area contributed by atoms with Crippen molar-refractivity contribution in [3.8, 4) is 0 Å². The summed E-state index contributed by atoms with van der Waals surface area (Å²) < 4.78 is 21.8. The van der Waals surface area contributed by atoms with Gasteiger partial charge in [-0.05, 0) is 13.8 Å². The monoisotopic (exact) mass is 225 g/mol. The van der Waals surface area contributed by atoms with Crippen molar-refractivity contribution in [1.82, 2.24) is 0 Å². The second-order valence-electron chi connectivity index (χ2n) is 3.08. The van der Waals surface area contributed by atoms with E-state index in [4.69, 9.17) is 9.05 Å². The first-order valence-electron chi connectivity index (χ1n) is 4.35. The van der Waals surface area contributed by atoms with Gasteiger partial charge in [0.25, 0.3) is 0 Å². The van der Waals surface area contributed by atoms with Gasteiger partial charge in [0.05, 0.1) is 13.2 Å². The number of nitro groups is 1. The summed E-state index contributed by atoms with van der Waals surface area (Å²) in [6, 6.07) is 0. The Morgan fingerprint density at radius 3 is 1.86 bits per heavy atom. The highest BCUT2D eigenvalue weighted by Crippen LogP contribution is 2.59. The molecule has 0 atom stereocenters. The molecule has 0 heterocycles. The minimum absolute atomic E-state index is 0.120. The van der Waals surface area contributed by atoms with Crippen LogP contribution in [-0.4, -0.2) is 23.4 Å². The van der Waals surface area contributed by atoms with Crippen LogP contribution in [0.15, 0.2) is 0 Å². The van der Waals surface area contributed by atoms with Gasteiger partial charge in [0.15, 0.2) is 0 Å². The highest BCUT2D eigenvalue weighted by molar-refractivity contribution is 7.55. The third-order valence-electron chi connectivity index (χ3n) is 1.72. The molecule has 0 saturated carbocycles. The zero-order valence-electron chi connectivity index (χ0n) is 8.85. The van der Waals surface area contributed by atoms with E-state index < -0.39 is 17.8 Å². The lowest BCUT2D eigenvalue weighted by atomic mass is 10.4. The van der Waals surface area contributed by atoms with E-state index in [9.17, 15) is 14.7 Å². The van der Waals surface area contributed by atoms with Crippen LogP contribution in [-0.2, 0) is 13.6 Å². The van der Waals surface area contributed by atoms with E-state index in [1.54, 1.807) is 13.8 Å². The van der Waals surface area contributed by atoms with Crippen LogP contribution in [0.4, 0.5) is 0 Å². The molecule has 0 aromatic heterocycles. The van der Waals surface area contributed by atoms with E-state index in [2.05, 4.69) is 0 Å². The number of rotatable bonds is 6. The number of hydrogen-bond donors (Lipinski definition) is 0. The Hall–Kier alpha value is -0.450. The van der Waals surface area contributed by atoms with Gasteiger partial charge in [-0.25, -0.2) is 0 Å². The summed E-state index contributed by atoms with van der Waals surface area (Å²) in [5.74, 6) is 0.